The first-order valence-corrected chi connectivity index (χ1v) is 9.92. The van der Waals surface area contributed by atoms with Gasteiger partial charge in [0.2, 0.25) is 0 Å². The second-order valence-electron chi connectivity index (χ2n) is 4.81. The number of thiol groups is 2. The molecule has 0 aliphatic carbocycles. The second kappa shape index (κ2) is 14.2. The third-order valence-electron chi connectivity index (χ3n) is 2.59. The second-order valence-corrected chi connectivity index (χ2v) is 8.68. The third-order valence-corrected chi connectivity index (χ3v) is 5.67. The van der Waals surface area contributed by atoms with Gasteiger partial charge in [-0.15, -0.1) is 0 Å². The normalized spacial score (nSPS) is 15.9. The number of rotatable bonds is 12. The highest BCUT2D eigenvalue weighted by Gasteiger charge is 2.05. The molecule has 0 aromatic carbocycles. The van der Waals surface area contributed by atoms with Gasteiger partial charge in [0, 0.05) is 19.9 Å². The van der Waals surface area contributed by atoms with E-state index < -0.39 is 0 Å². The zero-order valence-electron chi connectivity index (χ0n) is 12.3. The van der Waals surface area contributed by atoms with E-state index in [1.165, 1.54) is 0 Å². The Hall–Kier alpha value is 1.57. The molecule has 0 radical (unpaired) electrons. The SMILES string of the molecule is CCCC(S)COC/C(Br)=C(\I)COCCCC(C)S. The third kappa shape index (κ3) is 13.2. The molecule has 2 nitrogen and oxygen atoms in total. The average molecular weight is 497 g/mol. The first-order valence-electron chi connectivity index (χ1n) is 7.02. The number of ether oxygens (including phenoxy) is 2. The van der Waals surface area contributed by atoms with Gasteiger partial charge in [0.15, 0.2) is 0 Å². The van der Waals surface area contributed by atoms with Crippen molar-refractivity contribution in [2.24, 2.45) is 0 Å². The molecule has 0 aliphatic rings. The minimum Gasteiger partial charge on any atom is -0.376 e. The lowest BCUT2D eigenvalue weighted by atomic mass is 10.2. The number of halogens is 2. The van der Waals surface area contributed by atoms with Crippen LogP contribution in [-0.2, 0) is 9.47 Å². The highest BCUT2D eigenvalue weighted by Crippen LogP contribution is 2.20. The minimum absolute atomic E-state index is 0.331. The Labute approximate surface area is 156 Å². The fourth-order valence-corrected chi connectivity index (χ4v) is 2.70. The molecule has 0 amide bonds. The Kier molecular flexibility index (Phi) is 15.3. The molecule has 2 unspecified atom stereocenters. The summed E-state index contributed by atoms with van der Waals surface area (Å²) < 4.78 is 13.5. The summed E-state index contributed by atoms with van der Waals surface area (Å²) in [4.78, 5) is 0. The summed E-state index contributed by atoms with van der Waals surface area (Å²) in [6.07, 6.45) is 4.38. The van der Waals surface area contributed by atoms with Gasteiger partial charge in [-0.05, 0) is 47.1 Å². The topological polar surface area (TPSA) is 18.5 Å². The monoisotopic (exact) mass is 496 g/mol. The largest absolute Gasteiger partial charge is 0.376 e. The van der Waals surface area contributed by atoms with Crippen LogP contribution in [0.3, 0.4) is 0 Å². The van der Waals surface area contributed by atoms with Crippen molar-refractivity contribution in [3.05, 3.63) is 8.06 Å². The van der Waals surface area contributed by atoms with Crippen molar-refractivity contribution in [2.75, 3.05) is 26.4 Å². The molecule has 0 aromatic rings. The molecule has 6 heteroatoms. The zero-order valence-corrected chi connectivity index (χ0v) is 17.8. The predicted octanol–water partition coefficient (Wildman–Crippen LogP) is 5.26. The van der Waals surface area contributed by atoms with Gasteiger partial charge in [0.25, 0.3) is 0 Å². The fraction of sp³-hybridized carbons (Fsp3) is 0.857. The van der Waals surface area contributed by atoms with Gasteiger partial charge < -0.3 is 9.47 Å². The summed E-state index contributed by atoms with van der Waals surface area (Å²) in [7, 11) is 0. The highest BCUT2D eigenvalue weighted by molar-refractivity contribution is 14.1. The molecule has 0 rings (SSSR count). The Morgan fingerprint density at radius 3 is 2.50 bits per heavy atom. The van der Waals surface area contributed by atoms with Crippen LogP contribution in [-0.4, -0.2) is 36.9 Å². The molecule has 0 heterocycles. The lowest BCUT2D eigenvalue weighted by molar-refractivity contribution is 0.150. The molecule has 0 spiro atoms. The molecule has 0 saturated heterocycles. The van der Waals surface area contributed by atoms with Gasteiger partial charge in [-0.2, -0.15) is 25.3 Å². The molecular formula is C14H26BrIO2S2. The Morgan fingerprint density at radius 2 is 1.90 bits per heavy atom. The van der Waals surface area contributed by atoms with Gasteiger partial charge in [0.1, 0.15) is 0 Å². The van der Waals surface area contributed by atoms with Gasteiger partial charge in [-0.3, -0.25) is 0 Å². The van der Waals surface area contributed by atoms with Gasteiger partial charge in [-0.1, -0.05) is 36.2 Å². The highest BCUT2D eigenvalue weighted by atomic mass is 127. The van der Waals surface area contributed by atoms with E-state index in [4.69, 9.17) is 9.47 Å². The van der Waals surface area contributed by atoms with Crippen molar-refractivity contribution < 1.29 is 9.47 Å². The van der Waals surface area contributed by atoms with Gasteiger partial charge in [-0.25, -0.2) is 0 Å². The molecule has 0 fully saturated rings. The van der Waals surface area contributed by atoms with Crippen molar-refractivity contribution >= 4 is 63.8 Å². The molecule has 0 aliphatic heterocycles. The Balaban J connectivity index is 3.72. The van der Waals surface area contributed by atoms with E-state index in [1.807, 2.05) is 0 Å². The van der Waals surface area contributed by atoms with Crippen LogP contribution < -0.4 is 0 Å². The van der Waals surface area contributed by atoms with Gasteiger partial charge in [0.05, 0.1) is 19.8 Å². The Morgan fingerprint density at radius 1 is 1.20 bits per heavy atom. The lowest BCUT2D eigenvalue weighted by Gasteiger charge is -2.11. The summed E-state index contributed by atoms with van der Waals surface area (Å²) >= 11 is 14.7. The maximum Gasteiger partial charge on any atom is 0.0790 e. The summed E-state index contributed by atoms with van der Waals surface area (Å²) in [5, 5.41) is 0.781. The maximum absolute atomic E-state index is 5.64. The molecule has 0 saturated carbocycles. The van der Waals surface area contributed by atoms with Crippen LogP contribution in [0.15, 0.2) is 8.06 Å². The first-order chi connectivity index (χ1) is 9.47. The van der Waals surface area contributed by atoms with Crippen LogP contribution in [0.25, 0.3) is 0 Å². The number of hydrogen-bond donors (Lipinski definition) is 2. The van der Waals surface area contributed by atoms with Crippen molar-refractivity contribution in [3.63, 3.8) is 0 Å². The van der Waals surface area contributed by atoms with Crippen molar-refractivity contribution in [3.8, 4) is 0 Å². The standard InChI is InChI=1S/C14H26BrIO2S2/c1-3-5-12(20)8-18-9-13(15)14(16)10-17-7-4-6-11(2)19/h11-12,19-20H,3-10H2,1-2H3/b14-13+. The predicted molar refractivity (Wildman–Crippen MR) is 107 cm³/mol. The molecule has 120 valence electrons. The lowest BCUT2D eigenvalue weighted by Crippen LogP contribution is -2.10. The van der Waals surface area contributed by atoms with Crippen molar-refractivity contribution in [1.82, 2.24) is 0 Å². The molecule has 0 N–H and O–H groups in total. The first kappa shape index (κ1) is 21.6. The van der Waals surface area contributed by atoms with Crippen LogP contribution in [0.4, 0.5) is 0 Å². The molecular weight excluding hydrogens is 471 g/mol. The minimum atomic E-state index is 0.331. The summed E-state index contributed by atoms with van der Waals surface area (Å²) in [5.74, 6) is 0. The Bertz CT molecular complexity index is 276. The van der Waals surface area contributed by atoms with E-state index in [-0.39, 0.29) is 0 Å². The van der Waals surface area contributed by atoms with Gasteiger partial charge >= 0.3 is 0 Å². The summed E-state index contributed by atoms with van der Waals surface area (Å²) in [6.45, 7) is 6.98. The maximum atomic E-state index is 5.64. The van der Waals surface area contributed by atoms with Crippen LogP contribution >= 0.6 is 63.8 Å². The van der Waals surface area contributed by atoms with E-state index >= 15 is 0 Å². The quantitative estimate of drug-likeness (QED) is 0.218. The summed E-state index contributed by atoms with van der Waals surface area (Å²) in [5.41, 5.74) is 0. The van der Waals surface area contributed by atoms with E-state index in [2.05, 4.69) is 77.6 Å². The fourth-order valence-electron chi connectivity index (χ4n) is 1.50. The van der Waals surface area contributed by atoms with Crippen LogP contribution in [0.5, 0.6) is 0 Å². The van der Waals surface area contributed by atoms with Crippen molar-refractivity contribution in [2.45, 2.75) is 50.0 Å². The molecule has 0 aromatic heterocycles. The molecule has 0 bridgehead atoms. The van der Waals surface area contributed by atoms with E-state index in [9.17, 15) is 0 Å². The van der Waals surface area contributed by atoms with Crippen LogP contribution in [0.2, 0.25) is 0 Å². The number of hydrogen-bond acceptors (Lipinski definition) is 4. The average Bonchev–Trinajstić information content (AvgIpc) is 2.37. The zero-order chi connectivity index (χ0) is 15.4. The van der Waals surface area contributed by atoms with Crippen LogP contribution in [0, 0.1) is 0 Å². The van der Waals surface area contributed by atoms with E-state index in [0.29, 0.717) is 30.3 Å². The summed E-state index contributed by atoms with van der Waals surface area (Å²) in [6, 6.07) is 0. The van der Waals surface area contributed by atoms with E-state index in [1.54, 1.807) is 0 Å². The van der Waals surface area contributed by atoms with E-state index in [0.717, 1.165) is 40.4 Å². The smallest absolute Gasteiger partial charge is 0.0790 e. The molecule has 2 atom stereocenters. The van der Waals surface area contributed by atoms with Crippen molar-refractivity contribution in [1.29, 1.82) is 0 Å². The van der Waals surface area contributed by atoms with Crippen LogP contribution in [0.1, 0.15) is 39.5 Å². The molecule has 20 heavy (non-hydrogen) atoms.